The Bertz CT molecular complexity index is 609. The average Bonchev–Trinajstić information content (AvgIpc) is 2.81. The highest BCUT2D eigenvalue weighted by atomic mass is 79.9. The summed E-state index contributed by atoms with van der Waals surface area (Å²) in [6.45, 7) is 0.249. The number of aromatic nitrogens is 2. The lowest BCUT2D eigenvalue weighted by Crippen LogP contribution is -1.97. The number of hydrogen-bond donors (Lipinski definition) is 1. The summed E-state index contributed by atoms with van der Waals surface area (Å²) in [4.78, 5) is 8.19. The van der Waals surface area contributed by atoms with Gasteiger partial charge >= 0.3 is 0 Å². The van der Waals surface area contributed by atoms with Gasteiger partial charge < -0.3 is 14.8 Å². The number of halogens is 2. The van der Waals surface area contributed by atoms with E-state index in [1.165, 1.54) is 0 Å². The zero-order valence-corrected chi connectivity index (χ0v) is 11.3. The minimum absolute atomic E-state index is 0.249. The molecule has 5 nitrogen and oxygen atoms in total. The van der Waals surface area contributed by atoms with Gasteiger partial charge in [-0.3, -0.25) is 0 Å². The lowest BCUT2D eigenvalue weighted by molar-refractivity contribution is 0.174. The highest BCUT2D eigenvalue weighted by molar-refractivity contribution is 9.10. The Balaban J connectivity index is 1.85. The van der Waals surface area contributed by atoms with Crippen molar-refractivity contribution in [3.8, 4) is 11.5 Å². The first kappa shape index (κ1) is 11.6. The third-order valence-electron chi connectivity index (χ3n) is 2.33. The molecule has 18 heavy (non-hydrogen) atoms. The van der Waals surface area contributed by atoms with Crippen LogP contribution in [-0.2, 0) is 0 Å². The summed E-state index contributed by atoms with van der Waals surface area (Å²) in [5.41, 5.74) is 0.803. The Morgan fingerprint density at radius 2 is 2.11 bits per heavy atom. The van der Waals surface area contributed by atoms with E-state index in [-0.39, 0.29) is 6.79 Å². The quantitative estimate of drug-likeness (QED) is 0.857. The summed E-state index contributed by atoms with van der Waals surface area (Å²) in [5, 5.41) is 3.39. The molecule has 0 unspecified atom stereocenters. The molecular formula is C11H7BrClN3O2. The highest BCUT2D eigenvalue weighted by Gasteiger charge is 2.13. The Kier molecular flexibility index (Phi) is 2.97. The summed E-state index contributed by atoms with van der Waals surface area (Å²) in [5.74, 6) is 1.85. The monoisotopic (exact) mass is 327 g/mol. The molecule has 1 aromatic carbocycles. The lowest BCUT2D eigenvalue weighted by atomic mass is 10.3. The third kappa shape index (κ3) is 2.21. The average molecular weight is 329 g/mol. The molecular weight excluding hydrogens is 321 g/mol. The number of nitrogens with zero attached hydrogens (tertiary/aromatic N) is 2. The van der Waals surface area contributed by atoms with Crippen LogP contribution in [0.3, 0.4) is 0 Å². The van der Waals surface area contributed by atoms with Crippen LogP contribution in [0.25, 0.3) is 0 Å². The maximum atomic E-state index is 5.89. The SMILES string of the molecule is Clc1nc(Nc2ccc3c(c2)OCO3)ncc1Br. The van der Waals surface area contributed by atoms with Crippen LogP contribution in [0.1, 0.15) is 0 Å². The zero-order valence-electron chi connectivity index (χ0n) is 8.98. The molecule has 0 aliphatic carbocycles. The first-order valence-corrected chi connectivity index (χ1v) is 6.24. The molecule has 92 valence electrons. The number of benzene rings is 1. The van der Waals surface area contributed by atoms with Gasteiger partial charge in [0.25, 0.3) is 0 Å². The number of nitrogens with one attached hydrogen (secondary N) is 1. The van der Waals surface area contributed by atoms with Crippen LogP contribution in [0.4, 0.5) is 11.6 Å². The van der Waals surface area contributed by atoms with Gasteiger partial charge in [-0.15, -0.1) is 0 Å². The van der Waals surface area contributed by atoms with Gasteiger partial charge in [0.05, 0.1) is 4.47 Å². The predicted molar refractivity (Wildman–Crippen MR) is 70.6 cm³/mol. The summed E-state index contributed by atoms with van der Waals surface area (Å²) in [6, 6.07) is 5.50. The van der Waals surface area contributed by atoms with Crippen molar-refractivity contribution in [1.29, 1.82) is 0 Å². The van der Waals surface area contributed by atoms with E-state index in [9.17, 15) is 0 Å². The fourth-order valence-corrected chi connectivity index (χ4v) is 1.83. The first-order valence-electron chi connectivity index (χ1n) is 5.07. The van der Waals surface area contributed by atoms with E-state index in [0.29, 0.717) is 21.3 Å². The van der Waals surface area contributed by atoms with Crippen molar-refractivity contribution in [1.82, 2.24) is 9.97 Å². The van der Waals surface area contributed by atoms with Gasteiger partial charge in [0, 0.05) is 18.0 Å². The fraction of sp³-hybridized carbons (Fsp3) is 0.0909. The Hall–Kier alpha value is -1.53. The van der Waals surface area contributed by atoms with Crippen LogP contribution in [0.5, 0.6) is 11.5 Å². The summed E-state index contributed by atoms with van der Waals surface area (Å²) in [7, 11) is 0. The van der Waals surface area contributed by atoms with Crippen molar-refractivity contribution in [2.24, 2.45) is 0 Å². The van der Waals surface area contributed by atoms with Crippen molar-refractivity contribution >= 4 is 39.2 Å². The smallest absolute Gasteiger partial charge is 0.231 e. The van der Waals surface area contributed by atoms with Crippen molar-refractivity contribution < 1.29 is 9.47 Å². The third-order valence-corrected chi connectivity index (χ3v) is 3.43. The topological polar surface area (TPSA) is 56.3 Å². The van der Waals surface area contributed by atoms with Gasteiger partial charge in [-0.25, -0.2) is 4.98 Å². The molecule has 7 heteroatoms. The second-order valence-electron chi connectivity index (χ2n) is 3.53. The molecule has 0 spiro atoms. The normalized spacial score (nSPS) is 12.6. The fourth-order valence-electron chi connectivity index (χ4n) is 1.51. The van der Waals surface area contributed by atoms with Gasteiger partial charge in [0.1, 0.15) is 5.15 Å². The van der Waals surface area contributed by atoms with Crippen LogP contribution in [0.2, 0.25) is 5.15 Å². The molecule has 3 rings (SSSR count). The van der Waals surface area contributed by atoms with Crippen LogP contribution in [0.15, 0.2) is 28.9 Å². The standard InChI is InChI=1S/C11H7BrClN3O2/c12-7-4-14-11(16-10(7)13)15-6-1-2-8-9(3-6)18-5-17-8/h1-4H,5H2,(H,14,15,16). The minimum Gasteiger partial charge on any atom is -0.454 e. The lowest BCUT2D eigenvalue weighted by Gasteiger charge is -2.06. The summed E-state index contributed by atoms with van der Waals surface area (Å²) in [6.07, 6.45) is 1.59. The van der Waals surface area contributed by atoms with Crippen LogP contribution >= 0.6 is 27.5 Å². The van der Waals surface area contributed by atoms with E-state index in [1.807, 2.05) is 18.2 Å². The molecule has 0 bridgehead atoms. The van der Waals surface area contributed by atoms with Crippen LogP contribution in [0, 0.1) is 0 Å². The molecule has 1 N–H and O–H groups in total. The molecule has 0 saturated carbocycles. The van der Waals surface area contributed by atoms with Crippen molar-refractivity contribution in [2.75, 3.05) is 12.1 Å². The van der Waals surface area contributed by atoms with E-state index in [2.05, 4.69) is 31.2 Å². The molecule has 0 fully saturated rings. The van der Waals surface area contributed by atoms with E-state index >= 15 is 0 Å². The van der Waals surface area contributed by atoms with E-state index in [0.717, 1.165) is 11.4 Å². The van der Waals surface area contributed by atoms with Gasteiger partial charge in [-0.1, -0.05) is 11.6 Å². The van der Waals surface area contributed by atoms with Crippen LogP contribution < -0.4 is 14.8 Å². The Labute approximate surface area is 116 Å². The van der Waals surface area contributed by atoms with E-state index in [4.69, 9.17) is 21.1 Å². The van der Waals surface area contributed by atoms with Crippen molar-refractivity contribution in [3.63, 3.8) is 0 Å². The largest absolute Gasteiger partial charge is 0.454 e. The predicted octanol–water partition coefficient (Wildman–Crippen LogP) is 3.36. The second kappa shape index (κ2) is 4.62. The van der Waals surface area contributed by atoms with Gasteiger partial charge in [-0.05, 0) is 28.1 Å². The number of rotatable bonds is 2. The molecule has 0 saturated heterocycles. The van der Waals surface area contributed by atoms with Gasteiger partial charge in [0.15, 0.2) is 11.5 Å². The molecule has 0 amide bonds. The maximum Gasteiger partial charge on any atom is 0.231 e. The number of fused-ring (bicyclic) bond motifs is 1. The van der Waals surface area contributed by atoms with Gasteiger partial charge in [-0.2, -0.15) is 4.98 Å². The molecule has 0 radical (unpaired) electrons. The first-order chi connectivity index (χ1) is 8.72. The Morgan fingerprint density at radius 1 is 1.28 bits per heavy atom. The van der Waals surface area contributed by atoms with Crippen molar-refractivity contribution in [2.45, 2.75) is 0 Å². The number of anilines is 2. The van der Waals surface area contributed by atoms with E-state index < -0.39 is 0 Å². The maximum absolute atomic E-state index is 5.89. The second-order valence-corrected chi connectivity index (χ2v) is 4.74. The molecule has 0 atom stereocenters. The van der Waals surface area contributed by atoms with E-state index in [1.54, 1.807) is 6.20 Å². The Morgan fingerprint density at radius 3 is 2.94 bits per heavy atom. The molecule has 1 aliphatic heterocycles. The minimum atomic E-state index is 0.249. The zero-order chi connectivity index (χ0) is 12.5. The van der Waals surface area contributed by atoms with Crippen molar-refractivity contribution in [3.05, 3.63) is 34.0 Å². The molecule has 2 aromatic rings. The summed E-state index contributed by atoms with van der Waals surface area (Å²) < 4.78 is 11.2. The highest BCUT2D eigenvalue weighted by Crippen LogP contribution is 2.34. The summed E-state index contributed by atoms with van der Waals surface area (Å²) >= 11 is 9.13. The van der Waals surface area contributed by atoms with Gasteiger partial charge in [0.2, 0.25) is 12.7 Å². The molecule has 1 aliphatic rings. The van der Waals surface area contributed by atoms with Crippen LogP contribution in [-0.4, -0.2) is 16.8 Å². The molecule has 1 aromatic heterocycles. The number of ether oxygens (including phenoxy) is 2. The number of hydrogen-bond acceptors (Lipinski definition) is 5. The molecule has 2 heterocycles.